The summed E-state index contributed by atoms with van der Waals surface area (Å²) in [6.45, 7) is 3.64. The largest absolute Gasteiger partial charge is 0.311 e. The Bertz CT molecular complexity index is 114. The highest BCUT2D eigenvalue weighted by molar-refractivity contribution is 5.03. The van der Waals surface area contributed by atoms with Crippen molar-refractivity contribution in [3.05, 3.63) is 0 Å². The first-order valence-corrected chi connectivity index (χ1v) is 4.08. The lowest BCUT2D eigenvalue weighted by Gasteiger charge is -2.45. The molecular weight excluding hydrogens is 110 g/mol. The molecule has 1 spiro atoms. The molecule has 1 unspecified atom stereocenters. The van der Waals surface area contributed by atoms with Gasteiger partial charge in [0.1, 0.15) is 0 Å². The van der Waals surface area contributed by atoms with Crippen LogP contribution in [0.15, 0.2) is 0 Å². The molecule has 2 fully saturated rings. The van der Waals surface area contributed by atoms with E-state index in [0.717, 1.165) is 5.92 Å². The summed E-state index contributed by atoms with van der Waals surface area (Å²) in [7, 11) is 0. The van der Waals surface area contributed by atoms with Crippen LogP contribution in [0.1, 0.15) is 32.6 Å². The molecule has 0 bridgehead atoms. The van der Waals surface area contributed by atoms with E-state index in [2.05, 4.69) is 12.2 Å². The lowest BCUT2D eigenvalue weighted by Crippen LogP contribution is -2.53. The Labute approximate surface area is 56.8 Å². The topological polar surface area (TPSA) is 12.0 Å². The van der Waals surface area contributed by atoms with Crippen LogP contribution in [-0.2, 0) is 0 Å². The van der Waals surface area contributed by atoms with Gasteiger partial charge in [-0.05, 0) is 38.1 Å². The van der Waals surface area contributed by atoms with Gasteiger partial charge in [-0.25, -0.2) is 0 Å². The van der Waals surface area contributed by atoms with E-state index in [0.29, 0.717) is 5.54 Å². The monoisotopic (exact) mass is 125 g/mol. The van der Waals surface area contributed by atoms with Crippen molar-refractivity contribution in [2.75, 3.05) is 6.54 Å². The van der Waals surface area contributed by atoms with E-state index in [-0.39, 0.29) is 0 Å². The number of rotatable bonds is 0. The van der Waals surface area contributed by atoms with Gasteiger partial charge in [0.25, 0.3) is 0 Å². The minimum absolute atomic E-state index is 0.625. The van der Waals surface area contributed by atoms with Crippen molar-refractivity contribution < 1.29 is 0 Å². The van der Waals surface area contributed by atoms with Crippen LogP contribution in [-0.4, -0.2) is 12.1 Å². The summed E-state index contributed by atoms with van der Waals surface area (Å²) in [5.41, 5.74) is 0.625. The van der Waals surface area contributed by atoms with Crippen molar-refractivity contribution in [3.8, 4) is 0 Å². The minimum atomic E-state index is 0.625. The van der Waals surface area contributed by atoms with E-state index in [4.69, 9.17) is 0 Å². The van der Waals surface area contributed by atoms with Gasteiger partial charge >= 0.3 is 0 Å². The number of hydrogen-bond acceptors (Lipinski definition) is 1. The van der Waals surface area contributed by atoms with Gasteiger partial charge in [-0.15, -0.1) is 0 Å². The first kappa shape index (κ1) is 5.72. The Kier molecular flexibility index (Phi) is 1.10. The molecule has 1 heterocycles. The summed E-state index contributed by atoms with van der Waals surface area (Å²) in [4.78, 5) is 0. The van der Waals surface area contributed by atoms with Gasteiger partial charge in [-0.3, -0.25) is 0 Å². The second-order valence-electron chi connectivity index (χ2n) is 3.63. The van der Waals surface area contributed by atoms with Crippen molar-refractivity contribution in [2.24, 2.45) is 5.92 Å². The van der Waals surface area contributed by atoms with Crippen molar-refractivity contribution in [1.29, 1.82) is 0 Å². The molecule has 2 rings (SSSR count). The number of nitrogens with one attached hydrogen (secondary N) is 1. The van der Waals surface area contributed by atoms with Crippen LogP contribution >= 0.6 is 0 Å². The van der Waals surface area contributed by atoms with Crippen molar-refractivity contribution in [2.45, 2.75) is 38.1 Å². The van der Waals surface area contributed by atoms with Gasteiger partial charge in [-0.2, -0.15) is 0 Å². The third kappa shape index (κ3) is 0.644. The van der Waals surface area contributed by atoms with E-state index >= 15 is 0 Å². The molecule has 1 aliphatic heterocycles. The summed E-state index contributed by atoms with van der Waals surface area (Å²) in [6.07, 6.45) is 5.74. The van der Waals surface area contributed by atoms with E-state index < -0.39 is 0 Å². The smallest absolute Gasteiger partial charge is 0.0207 e. The van der Waals surface area contributed by atoms with Gasteiger partial charge in [0, 0.05) is 5.54 Å². The van der Waals surface area contributed by atoms with Gasteiger partial charge in [0.05, 0.1) is 0 Å². The Morgan fingerprint density at radius 3 is 2.56 bits per heavy atom. The van der Waals surface area contributed by atoms with Crippen LogP contribution < -0.4 is 5.32 Å². The molecular formula is C8H15N. The SMILES string of the molecule is CC1CC[C@@]12CCCN2. The molecule has 1 aliphatic carbocycles. The second kappa shape index (κ2) is 1.72. The zero-order valence-corrected chi connectivity index (χ0v) is 6.11. The van der Waals surface area contributed by atoms with Gasteiger partial charge in [-0.1, -0.05) is 6.92 Å². The van der Waals surface area contributed by atoms with E-state index in [1.165, 1.54) is 32.2 Å². The van der Waals surface area contributed by atoms with Crippen molar-refractivity contribution in [3.63, 3.8) is 0 Å². The number of hydrogen-bond donors (Lipinski definition) is 1. The zero-order valence-electron chi connectivity index (χ0n) is 6.11. The lowest BCUT2D eigenvalue weighted by atomic mass is 9.67. The summed E-state index contributed by atoms with van der Waals surface area (Å²) in [6, 6.07) is 0. The maximum absolute atomic E-state index is 3.62. The average molecular weight is 125 g/mol. The Balaban J connectivity index is 2.06. The molecule has 1 saturated carbocycles. The van der Waals surface area contributed by atoms with Crippen LogP contribution in [0, 0.1) is 5.92 Å². The van der Waals surface area contributed by atoms with E-state index in [9.17, 15) is 0 Å². The van der Waals surface area contributed by atoms with Crippen LogP contribution in [0.3, 0.4) is 0 Å². The maximum atomic E-state index is 3.62. The lowest BCUT2D eigenvalue weighted by molar-refractivity contribution is 0.120. The quantitative estimate of drug-likeness (QED) is 0.518. The van der Waals surface area contributed by atoms with Gasteiger partial charge in [0.15, 0.2) is 0 Å². The Morgan fingerprint density at radius 1 is 1.44 bits per heavy atom. The molecule has 2 aliphatic rings. The summed E-state index contributed by atoms with van der Waals surface area (Å²) in [5, 5.41) is 3.62. The first-order chi connectivity index (χ1) is 4.33. The molecule has 1 heteroatoms. The fourth-order valence-corrected chi connectivity index (χ4v) is 2.25. The molecule has 1 nitrogen and oxygen atoms in total. The molecule has 0 radical (unpaired) electrons. The van der Waals surface area contributed by atoms with Crippen molar-refractivity contribution >= 4 is 0 Å². The molecule has 52 valence electrons. The molecule has 1 N–H and O–H groups in total. The predicted octanol–water partition coefficient (Wildman–Crippen LogP) is 1.54. The van der Waals surface area contributed by atoms with Crippen LogP contribution in [0.25, 0.3) is 0 Å². The highest BCUT2D eigenvalue weighted by Crippen LogP contribution is 2.43. The molecule has 0 aromatic rings. The highest BCUT2D eigenvalue weighted by Gasteiger charge is 2.45. The molecule has 2 atom stereocenters. The zero-order chi connectivity index (χ0) is 6.32. The Morgan fingerprint density at radius 2 is 2.33 bits per heavy atom. The fraction of sp³-hybridized carbons (Fsp3) is 1.00. The summed E-state index contributed by atoms with van der Waals surface area (Å²) >= 11 is 0. The van der Waals surface area contributed by atoms with Crippen LogP contribution in [0.5, 0.6) is 0 Å². The molecule has 0 amide bonds. The molecule has 0 aromatic carbocycles. The molecule has 9 heavy (non-hydrogen) atoms. The summed E-state index contributed by atoms with van der Waals surface area (Å²) in [5.74, 6) is 0.958. The fourth-order valence-electron chi connectivity index (χ4n) is 2.25. The first-order valence-electron chi connectivity index (χ1n) is 4.08. The maximum Gasteiger partial charge on any atom is 0.0207 e. The van der Waals surface area contributed by atoms with Crippen molar-refractivity contribution in [1.82, 2.24) is 5.32 Å². The van der Waals surface area contributed by atoms with Crippen LogP contribution in [0.4, 0.5) is 0 Å². The third-order valence-corrected chi connectivity index (χ3v) is 3.24. The molecule has 1 saturated heterocycles. The van der Waals surface area contributed by atoms with Gasteiger partial charge in [0.2, 0.25) is 0 Å². The Hall–Kier alpha value is -0.0400. The van der Waals surface area contributed by atoms with Gasteiger partial charge < -0.3 is 5.32 Å². The minimum Gasteiger partial charge on any atom is -0.311 e. The third-order valence-electron chi connectivity index (χ3n) is 3.24. The second-order valence-corrected chi connectivity index (χ2v) is 3.63. The predicted molar refractivity (Wildman–Crippen MR) is 38.4 cm³/mol. The highest BCUT2D eigenvalue weighted by atomic mass is 15.0. The molecule has 0 aromatic heterocycles. The van der Waals surface area contributed by atoms with E-state index in [1.54, 1.807) is 0 Å². The normalized spacial score (nSPS) is 49.7. The standard InChI is InChI=1S/C8H15N/c1-7-3-5-8(7)4-2-6-9-8/h7,9H,2-6H2,1H3/t7?,8-/m0/s1. The average Bonchev–Trinajstić information content (AvgIpc) is 2.34. The van der Waals surface area contributed by atoms with E-state index in [1.807, 2.05) is 0 Å². The van der Waals surface area contributed by atoms with Crippen LogP contribution in [0.2, 0.25) is 0 Å². The summed E-state index contributed by atoms with van der Waals surface area (Å²) < 4.78 is 0.